The van der Waals surface area contributed by atoms with E-state index < -0.39 is 0 Å². The van der Waals surface area contributed by atoms with E-state index in [4.69, 9.17) is 10.5 Å². The van der Waals surface area contributed by atoms with Gasteiger partial charge in [0, 0.05) is 19.2 Å². The molecule has 22 heavy (non-hydrogen) atoms. The van der Waals surface area contributed by atoms with Crippen LogP contribution >= 0.6 is 12.4 Å². The Hall–Kier alpha value is -1.26. The van der Waals surface area contributed by atoms with Gasteiger partial charge in [-0.3, -0.25) is 4.79 Å². The number of hydrogen-bond donors (Lipinski definition) is 1. The highest BCUT2D eigenvalue weighted by molar-refractivity contribution is 5.94. The van der Waals surface area contributed by atoms with Crippen LogP contribution in [0, 0.1) is 5.41 Å². The van der Waals surface area contributed by atoms with Gasteiger partial charge in [0.2, 0.25) is 0 Å². The standard InChI is InChI=1S/C17H28N2O2.ClH/c1-6-13(2)21-15-9-7-14(8-10-15)16(20)19(5)12-17(3,4)11-18;/h7-10,13H,6,11-12,18H2,1-5H3;1H. The van der Waals surface area contributed by atoms with Crippen LogP contribution in [0.25, 0.3) is 0 Å². The summed E-state index contributed by atoms with van der Waals surface area (Å²) in [6, 6.07) is 7.32. The first-order valence-electron chi connectivity index (χ1n) is 7.51. The number of rotatable bonds is 7. The topological polar surface area (TPSA) is 55.6 Å². The summed E-state index contributed by atoms with van der Waals surface area (Å²) in [5.41, 5.74) is 6.31. The molecule has 0 bridgehead atoms. The zero-order valence-corrected chi connectivity index (χ0v) is 15.1. The first kappa shape index (κ1) is 20.7. The molecule has 0 aromatic heterocycles. The highest BCUT2D eigenvalue weighted by atomic mass is 35.5. The van der Waals surface area contributed by atoms with Gasteiger partial charge in [0.25, 0.3) is 5.91 Å². The minimum atomic E-state index is -0.0793. The molecule has 1 rings (SSSR count). The van der Waals surface area contributed by atoms with E-state index in [2.05, 4.69) is 20.8 Å². The molecule has 5 heteroatoms. The second-order valence-corrected chi connectivity index (χ2v) is 6.39. The van der Waals surface area contributed by atoms with E-state index in [1.165, 1.54) is 0 Å². The van der Waals surface area contributed by atoms with Crippen molar-refractivity contribution in [3.8, 4) is 5.75 Å². The Bertz CT molecular complexity index is 460. The molecule has 0 saturated heterocycles. The largest absolute Gasteiger partial charge is 0.491 e. The lowest BCUT2D eigenvalue weighted by Crippen LogP contribution is -2.39. The average molecular weight is 329 g/mol. The molecule has 126 valence electrons. The van der Waals surface area contributed by atoms with E-state index in [-0.39, 0.29) is 29.8 Å². The summed E-state index contributed by atoms with van der Waals surface area (Å²) in [6.07, 6.45) is 1.14. The minimum absolute atomic E-state index is 0. The van der Waals surface area contributed by atoms with Crippen LogP contribution in [0.4, 0.5) is 0 Å². The Morgan fingerprint density at radius 3 is 2.32 bits per heavy atom. The number of nitrogens with zero attached hydrogens (tertiary/aromatic N) is 1. The Labute approximate surface area is 140 Å². The molecule has 1 unspecified atom stereocenters. The van der Waals surface area contributed by atoms with E-state index in [9.17, 15) is 4.79 Å². The van der Waals surface area contributed by atoms with Crippen LogP contribution in [-0.2, 0) is 0 Å². The predicted molar refractivity (Wildman–Crippen MR) is 93.9 cm³/mol. The summed E-state index contributed by atoms with van der Waals surface area (Å²) in [6.45, 7) is 9.40. The molecule has 0 spiro atoms. The van der Waals surface area contributed by atoms with E-state index in [0.29, 0.717) is 18.7 Å². The first-order valence-corrected chi connectivity index (χ1v) is 7.51. The highest BCUT2D eigenvalue weighted by Gasteiger charge is 2.21. The number of benzene rings is 1. The van der Waals surface area contributed by atoms with Crippen LogP contribution in [0.1, 0.15) is 44.5 Å². The van der Waals surface area contributed by atoms with Crippen molar-refractivity contribution in [2.24, 2.45) is 11.1 Å². The van der Waals surface area contributed by atoms with Gasteiger partial charge in [-0.2, -0.15) is 0 Å². The smallest absolute Gasteiger partial charge is 0.253 e. The zero-order valence-electron chi connectivity index (χ0n) is 14.3. The van der Waals surface area contributed by atoms with Crippen LogP contribution in [0.15, 0.2) is 24.3 Å². The van der Waals surface area contributed by atoms with Crippen molar-refractivity contribution in [3.05, 3.63) is 29.8 Å². The highest BCUT2D eigenvalue weighted by Crippen LogP contribution is 2.18. The van der Waals surface area contributed by atoms with Crippen molar-refractivity contribution >= 4 is 18.3 Å². The normalized spacial score (nSPS) is 12.3. The maximum Gasteiger partial charge on any atom is 0.253 e. The molecule has 4 nitrogen and oxygen atoms in total. The van der Waals surface area contributed by atoms with E-state index in [0.717, 1.165) is 12.2 Å². The number of nitrogens with two attached hydrogens (primary N) is 1. The zero-order chi connectivity index (χ0) is 16.0. The molecule has 1 aromatic rings. The van der Waals surface area contributed by atoms with E-state index in [1.54, 1.807) is 4.90 Å². The molecule has 0 aliphatic carbocycles. The van der Waals surface area contributed by atoms with Gasteiger partial charge >= 0.3 is 0 Å². The number of hydrogen-bond acceptors (Lipinski definition) is 3. The third-order valence-corrected chi connectivity index (χ3v) is 3.58. The monoisotopic (exact) mass is 328 g/mol. The quantitative estimate of drug-likeness (QED) is 0.835. The lowest BCUT2D eigenvalue weighted by atomic mass is 9.93. The van der Waals surface area contributed by atoms with Crippen LogP contribution in [0.5, 0.6) is 5.75 Å². The summed E-state index contributed by atoms with van der Waals surface area (Å²) < 4.78 is 5.72. The summed E-state index contributed by atoms with van der Waals surface area (Å²) in [5.74, 6) is 0.803. The fraction of sp³-hybridized carbons (Fsp3) is 0.588. The van der Waals surface area contributed by atoms with Gasteiger partial charge in [-0.1, -0.05) is 20.8 Å². The van der Waals surface area contributed by atoms with Crippen molar-refractivity contribution < 1.29 is 9.53 Å². The molecule has 0 fully saturated rings. The number of carbonyl (C=O) groups is 1. The fourth-order valence-corrected chi connectivity index (χ4v) is 1.99. The Balaban J connectivity index is 0.00000441. The van der Waals surface area contributed by atoms with Gasteiger partial charge in [0.15, 0.2) is 0 Å². The maximum atomic E-state index is 12.4. The van der Waals surface area contributed by atoms with E-state index in [1.807, 2.05) is 38.2 Å². The molecule has 0 saturated carbocycles. The molecule has 0 aliphatic heterocycles. The third kappa shape index (κ3) is 6.24. The minimum Gasteiger partial charge on any atom is -0.491 e. The van der Waals surface area contributed by atoms with Crippen molar-refractivity contribution in [1.29, 1.82) is 0 Å². The summed E-state index contributed by atoms with van der Waals surface area (Å²) >= 11 is 0. The summed E-state index contributed by atoms with van der Waals surface area (Å²) in [5, 5.41) is 0. The number of amides is 1. The molecule has 2 N–H and O–H groups in total. The lowest BCUT2D eigenvalue weighted by molar-refractivity contribution is 0.0740. The maximum absolute atomic E-state index is 12.4. The van der Waals surface area contributed by atoms with Crippen LogP contribution < -0.4 is 10.5 Å². The second-order valence-electron chi connectivity index (χ2n) is 6.39. The fourth-order valence-electron chi connectivity index (χ4n) is 1.99. The van der Waals surface area contributed by atoms with Gasteiger partial charge in [-0.15, -0.1) is 12.4 Å². The summed E-state index contributed by atoms with van der Waals surface area (Å²) in [4.78, 5) is 14.1. The molecule has 1 amide bonds. The molecular formula is C17H29ClN2O2. The van der Waals surface area contributed by atoms with Gasteiger partial charge in [0.1, 0.15) is 5.75 Å². The first-order chi connectivity index (χ1) is 9.79. The van der Waals surface area contributed by atoms with Crippen LogP contribution in [-0.4, -0.2) is 37.0 Å². The predicted octanol–water partition coefficient (Wildman–Crippen LogP) is 3.34. The Morgan fingerprint density at radius 1 is 1.32 bits per heavy atom. The molecule has 0 aliphatic rings. The van der Waals surface area contributed by atoms with Crippen molar-refractivity contribution in [3.63, 3.8) is 0 Å². The lowest BCUT2D eigenvalue weighted by Gasteiger charge is -2.29. The molecule has 1 atom stereocenters. The van der Waals surface area contributed by atoms with Crippen molar-refractivity contribution in [2.75, 3.05) is 20.1 Å². The Kier molecular flexibility index (Phi) is 8.49. The van der Waals surface area contributed by atoms with Gasteiger partial charge < -0.3 is 15.4 Å². The SMILES string of the molecule is CCC(C)Oc1ccc(C(=O)N(C)CC(C)(C)CN)cc1.Cl. The third-order valence-electron chi connectivity index (χ3n) is 3.58. The van der Waals surface area contributed by atoms with Gasteiger partial charge in [0.05, 0.1) is 6.10 Å². The number of carbonyl (C=O) groups excluding carboxylic acids is 1. The molecular weight excluding hydrogens is 300 g/mol. The Morgan fingerprint density at radius 2 is 1.86 bits per heavy atom. The van der Waals surface area contributed by atoms with Gasteiger partial charge in [-0.25, -0.2) is 0 Å². The number of ether oxygens (including phenoxy) is 1. The van der Waals surface area contributed by atoms with Crippen molar-refractivity contribution in [1.82, 2.24) is 4.90 Å². The molecule has 0 radical (unpaired) electrons. The molecule has 1 aromatic carbocycles. The number of halogens is 1. The van der Waals surface area contributed by atoms with E-state index >= 15 is 0 Å². The van der Waals surface area contributed by atoms with Crippen molar-refractivity contribution in [2.45, 2.75) is 40.2 Å². The average Bonchev–Trinajstić information content (AvgIpc) is 2.46. The van der Waals surface area contributed by atoms with Crippen LogP contribution in [0.2, 0.25) is 0 Å². The second kappa shape index (κ2) is 9.01. The van der Waals surface area contributed by atoms with Crippen LogP contribution in [0.3, 0.4) is 0 Å². The van der Waals surface area contributed by atoms with Gasteiger partial charge in [-0.05, 0) is 49.6 Å². The molecule has 0 heterocycles. The summed E-state index contributed by atoms with van der Waals surface area (Å²) in [7, 11) is 1.81.